The molecule has 0 bridgehead atoms. The van der Waals surface area contributed by atoms with E-state index in [0.29, 0.717) is 15.7 Å². The molecule has 2 aromatic rings. The molecule has 21 heavy (non-hydrogen) atoms. The maximum Gasteiger partial charge on any atom is 0.323 e. The summed E-state index contributed by atoms with van der Waals surface area (Å²) < 4.78 is 13.9. The van der Waals surface area contributed by atoms with Gasteiger partial charge in [-0.2, -0.15) is 0 Å². The second-order valence-corrected chi connectivity index (χ2v) is 5.45. The highest BCUT2D eigenvalue weighted by Crippen LogP contribution is 2.25. The third kappa shape index (κ3) is 4.17. The molecule has 3 N–H and O–H groups in total. The first-order valence-corrected chi connectivity index (χ1v) is 7.09. The van der Waals surface area contributed by atoms with E-state index in [0.717, 1.165) is 12.1 Å². The van der Waals surface area contributed by atoms with E-state index in [1.807, 2.05) is 0 Å². The van der Waals surface area contributed by atoms with Crippen molar-refractivity contribution < 1.29 is 14.3 Å². The number of nitrogens with one attached hydrogen (secondary N) is 2. The molecule has 2 amide bonds. The van der Waals surface area contributed by atoms with Crippen LogP contribution in [-0.2, 0) is 6.61 Å². The van der Waals surface area contributed by atoms with Crippen LogP contribution in [-0.4, -0.2) is 11.1 Å². The van der Waals surface area contributed by atoms with Gasteiger partial charge in [0, 0.05) is 26.4 Å². The van der Waals surface area contributed by atoms with Crippen LogP contribution in [0.3, 0.4) is 0 Å². The van der Waals surface area contributed by atoms with Crippen LogP contribution in [0.25, 0.3) is 0 Å². The van der Waals surface area contributed by atoms with Gasteiger partial charge < -0.3 is 15.7 Å². The summed E-state index contributed by atoms with van der Waals surface area (Å²) in [4.78, 5) is 11.9. The number of carbonyl (C=O) groups is 1. The van der Waals surface area contributed by atoms with Gasteiger partial charge in [0.1, 0.15) is 5.82 Å². The molecule has 0 atom stereocenters. The number of urea groups is 1. The van der Waals surface area contributed by atoms with Crippen LogP contribution in [0, 0.1) is 5.82 Å². The molecule has 2 rings (SSSR count). The molecule has 110 valence electrons. The number of carbonyl (C=O) groups excluding carboxylic acids is 1. The summed E-state index contributed by atoms with van der Waals surface area (Å²) in [7, 11) is 0. The second kappa shape index (κ2) is 6.89. The van der Waals surface area contributed by atoms with Gasteiger partial charge in [0.05, 0.1) is 6.61 Å². The Morgan fingerprint density at radius 2 is 2.05 bits per heavy atom. The molecule has 0 fully saturated rings. The van der Waals surface area contributed by atoms with Gasteiger partial charge in [0.25, 0.3) is 0 Å². The normalized spacial score (nSPS) is 10.3. The first-order valence-electron chi connectivity index (χ1n) is 5.92. The van der Waals surface area contributed by atoms with Gasteiger partial charge in [-0.1, -0.05) is 33.6 Å². The molecule has 0 heterocycles. The van der Waals surface area contributed by atoms with Crippen molar-refractivity contribution >= 4 is 44.9 Å². The van der Waals surface area contributed by atoms with Crippen molar-refractivity contribution in [3.63, 3.8) is 0 Å². The van der Waals surface area contributed by atoms with Gasteiger partial charge in [-0.25, -0.2) is 9.18 Å². The average Bonchev–Trinajstić information content (AvgIpc) is 2.37. The molecule has 0 saturated carbocycles. The number of aliphatic hydroxyl groups is 1. The molecule has 0 spiro atoms. The molecule has 4 nitrogen and oxygen atoms in total. The van der Waals surface area contributed by atoms with E-state index >= 15 is 0 Å². The standard InChI is InChI=1S/C14H11BrClFN2O2/c15-12-2-1-3-13(11(12)7-20)19-14(21)18-10-5-8(16)4-9(17)6-10/h1-6,20H,7H2,(H2,18,19,21). The molecular weight excluding hydrogens is 363 g/mol. The number of hydrogen-bond acceptors (Lipinski definition) is 2. The SMILES string of the molecule is O=C(Nc1cc(F)cc(Cl)c1)Nc1cccc(Br)c1CO. The molecule has 2 aromatic carbocycles. The van der Waals surface area contributed by atoms with Gasteiger partial charge in [0.2, 0.25) is 0 Å². The molecule has 0 aliphatic carbocycles. The van der Waals surface area contributed by atoms with Crippen molar-refractivity contribution in [1.82, 2.24) is 0 Å². The molecule has 0 aliphatic heterocycles. The maximum atomic E-state index is 13.2. The molecule has 0 saturated heterocycles. The number of aliphatic hydroxyl groups excluding tert-OH is 1. The average molecular weight is 374 g/mol. The molecule has 0 unspecified atom stereocenters. The monoisotopic (exact) mass is 372 g/mol. The Hall–Kier alpha value is -1.63. The fourth-order valence-corrected chi connectivity index (χ4v) is 2.46. The number of rotatable bonds is 3. The Labute approximate surface area is 134 Å². The predicted octanol–water partition coefficient (Wildman–Crippen LogP) is 4.38. The minimum absolute atomic E-state index is 0.184. The highest BCUT2D eigenvalue weighted by Gasteiger charge is 2.10. The zero-order valence-electron chi connectivity index (χ0n) is 10.7. The van der Waals surface area contributed by atoms with Gasteiger partial charge >= 0.3 is 6.03 Å². The third-order valence-corrected chi connectivity index (χ3v) is 3.61. The Balaban J connectivity index is 2.13. The van der Waals surface area contributed by atoms with E-state index in [4.69, 9.17) is 11.6 Å². The first-order chi connectivity index (χ1) is 9.99. The molecule has 0 radical (unpaired) electrons. The minimum atomic E-state index is -0.565. The number of amides is 2. The van der Waals surface area contributed by atoms with E-state index in [1.165, 1.54) is 6.07 Å². The fraction of sp³-hybridized carbons (Fsp3) is 0.0714. The van der Waals surface area contributed by atoms with Crippen molar-refractivity contribution in [1.29, 1.82) is 0 Å². The molecular formula is C14H11BrClFN2O2. The largest absolute Gasteiger partial charge is 0.392 e. The topological polar surface area (TPSA) is 61.4 Å². The number of hydrogen-bond donors (Lipinski definition) is 3. The lowest BCUT2D eigenvalue weighted by molar-refractivity contribution is 0.262. The Morgan fingerprint density at radius 3 is 2.71 bits per heavy atom. The summed E-state index contributed by atoms with van der Waals surface area (Å²) in [5.41, 5.74) is 1.23. The van der Waals surface area contributed by atoms with Crippen molar-refractivity contribution in [2.45, 2.75) is 6.61 Å². The van der Waals surface area contributed by atoms with E-state index in [9.17, 15) is 14.3 Å². The van der Waals surface area contributed by atoms with E-state index in [-0.39, 0.29) is 17.3 Å². The third-order valence-electron chi connectivity index (χ3n) is 2.65. The first kappa shape index (κ1) is 15.8. The second-order valence-electron chi connectivity index (χ2n) is 4.16. The molecule has 0 aliphatic rings. The minimum Gasteiger partial charge on any atom is -0.392 e. The van der Waals surface area contributed by atoms with Crippen LogP contribution >= 0.6 is 27.5 Å². The van der Waals surface area contributed by atoms with Gasteiger partial charge in [0.15, 0.2) is 0 Å². The Morgan fingerprint density at radius 1 is 1.29 bits per heavy atom. The predicted molar refractivity (Wildman–Crippen MR) is 84.1 cm³/mol. The number of anilines is 2. The zero-order valence-corrected chi connectivity index (χ0v) is 13.0. The van der Waals surface area contributed by atoms with E-state index < -0.39 is 11.8 Å². The fourth-order valence-electron chi connectivity index (χ4n) is 1.75. The van der Waals surface area contributed by atoms with Gasteiger partial charge in [-0.05, 0) is 30.3 Å². The summed E-state index contributed by atoms with van der Waals surface area (Å²) >= 11 is 9.00. The molecule has 0 aromatic heterocycles. The summed E-state index contributed by atoms with van der Waals surface area (Å²) in [6.07, 6.45) is 0. The van der Waals surface area contributed by atoms with Crippen LogP contribution in [0.15, 0.2) is 40.9 Å². The number of benzene rings is 2. The summed E-state index contributed by atoms with van der Waals surface area (Å²) in [5.74, 6) is -0.545. The Kier molecular flexibility index (Phi) is 5.17. The summed E-state index contributed by atoms with van der Waals surface area (Å²) in [6.45, 7) is -0.233. The highest BCUT2D eigenvalue weighted by atomic mass is 79.9. The summed E-state index contributed by atoms with van der Waals surface area (Å²) in [6, 6.07) is 8.28. The Bertz CT molecular complexity index is 662. The van der Waals surface area contributed by atoms with Crippen LogP contribution in [0.2, 0.25) is 5.02 Å². The van der Waals surface area contributed by atoms with Gasteiger partial charge in [-0.15, -0.1) is 0 Å². The van der Waals surface area contributed by atoms with Crippen LogP contribution in [0.1, 0.15) is 5.56 Å². The van der Waals surface area contributed by atoms with Crippen LogP contribution in [0.5, 0.6) is 0 Å². The molecule has 7 heteroatoms. The van der Waals surface area contributed by atoms with Crippen molar-refractivity contribution in [3.8, 4) is 0 Å². The lowest BCUT2D eigenvalue weighted by Crippen LogP contribution is -2.20. The smallest absolute Gasteiger partial charge is 0.323 e. The maximum absolute atomic E-state index is 13.2. The lowest BCUT2D eigenvalue weighted by atomic mass is 10.2. The van der Waals surface area contributed by atoms with Crippen molar-refractivity contribution in [3.05, 3.63) is 57.3 Å². The van der Waals surface area contributed by atoms with Crippen molar-refractivity contribution in [2.24, 2.45) is 0 Å². The summed E-state index contributed by atoms with van der Waals surface area (Å²) in [5, 5.41) is 14.5. The van der Waals surface area contributed by atoms with E-state index in [2.05, 4.69) is 26.6 Å². The quantitative estimate of drug-likeness (QED) is 0.748. The van der Waals surface area contributed by atoms with Crippen LogP contribution in [0.4, 0.5) is 20.6 Å². The number of halogens is 3. The van der Waals surface area contributed by atoms with E-state index in [1.54, 1.807) is 18.2 Å². The highest BCUT2D eigenvalue weighted by molar-refractivity contribution is 9.10. The zero-order chi connectivity index (χ0) is 15.4. The van der Waals surface area contributed by atoms with Crippen molar-refractivity contribution in [2.75, 3.05) is 10.6 Å². The lowest BCUT2D eigenvalue weighted by Gasteiger charge is -2.12. The van der Waals surface area contributed by atoms with Crippen LogP contribution < -0.4 is 10.6 Å². The van der Waals surface area contributed by atoms with Gasteiger partial charge in [-0.3, -0.25) is 0 Å².